The third-order valence-corrected chi connectivity index (χ3v) is 5.45. The van der Waals surface area contributed by atoms with Crippen molar-refractivity contribution in [3.8, 4) is 0 Å². The molecule has 15 heavy (non-hydrogen) atoms. The van der Waals surface area contributed by atoms with E-state index in [1.807, 2.05) is 12.1 Å². The first-order valence-corrected chi connectivity index (χ1v) is 8.20. The van der Waals surface area contributed by atoms with E-state index in [4.69, 9.17) is 14.3 Å². The van der Waals surface area contributed by atoms with Crippen LogP contribution in [0.15, 0.2) is 24.5 Å². The van der Waals surface area contributed by atoms with Crippen LogP contribution in [0, 0.1) is 0 Å². The minimum absolute atomic E-state index is 0.104. The highest BCUT2D eigenvalue weighted by molar-refractivity contribution is 7.97. The van der Waals surface area contributed by atoms with Crippen molar-refractivity contribution in [2.24, 2.45) is 0 Å². The Kier molecular flexibility index (Phi) is 5.12. The summed E-state index contributed by atoms with van der Waals surface area (Å²) in [5.41, 5.74) is 0. The molecule has 0 aromatic carbocycles. The number of hydrogen-bond donors (Lipinski definition) is 2. The van der Waals surface area contributed by atoms with E-state index in [-0.39, 0.29) is 5.94 Å². The van der Waals surface area contributed by atoms with Crippen LogP contribution >= 0.6 is 27.6 Å². The van der Waals surface area contributed by atoms with E-state index in [2.05, 4.69) is 0 Å². The molecule has 6 nitrogen and oxygen atoms in total. The Bertz CT molecular complexity index is 362. The molecule has 1 unspecified atom stereocenters. The Labute approximate surface area is 91.8 Å². The second kappa shape index (κ2) is 5.89. The van der Waals surface area contributed by atoms with Gasteiger partial charge >= 0.3 is 7.60 Å². The first-order chi connectivity index (χ1) is 6.97. The van der Waals surface area contributed by atoms with Gasteiger partial charge in [0.15, 0.2) is 0 Å². The van der Waals surface area contributed by atoms with Crippen molar-refractivity contribution in [1.29, 1.82) is 0 Å². The molecule has 0 saturated heterocycles. The summed E-state index contributed by atoms with van der Waals surface area (Å²) < 4.78 is 28.0. The van der Waals surface area contributed by atoms with Gasteiger partial charge in [-0.05, 0) is 24.1 Å². The molecule has 0 aliphatic carbocycles. The van der Waals surface area contributed by atoms with Crippen LogP contribution in [0.2, 0.25) is 0 Å². The molecule has 86 valence electrons. The summed E-state index contributed by atoms with van der Waals surface area (Å²) in [6.45, 7) is 0. The third kappa shape index (κ3) is 6.20. The van der Waals surface area contributed by atoms with Crippen LogP contribution in [0.1, 0.15) is 0 Å². The molecule has 0 aliphatic heterocycles. The summed E-state index contributed by atoms with van der Waals surface area (Å²) >= 11 is 1.25. The zero-order valence-electron chi connectivity index (χ0n) is 7.65. The van der Waals surface area contributed by atoms with Crippen molar-refractivity contribution < 1.29 is 23.4 Å². The van der Waals surface area contributed by atoms with E-state index in [1.165, 1.54) is 11.9 Å². The van der Waals surface area contributed by atoms with Crippen molar-refractivity contribution in [3.63, 3.8) is 0 Å². The molecular weight excluding hydrogens is 260 g/mol. The van der Waals surface area contributed by atoms with Crippen LogP contribution in [-0.4, -0.2) is 25.6 Å². The van der Waals surface area contributed by atoms with Crippen LogP contribution in [0.4, 0.5) is 0 Å². The van der Waals surface area contributed by atoms with Gasteiger partial charge in [0.1, 0.15) is 11.8 Å². The van der Waals surface area contributed by atoms with Gasteiger partial charge in [0.2, 0.25) is 8.03 Å². The van der Waals surface area contributed by atoms with Crippen molar-refractivity contribution in [3.05, 3.63) is 24.5 Å². The fourth-order valence-electron chi connectivity index (χ4n) is 0.772. The summed E-state index contributed by atoms with van der Waals surface area (Å²) in [4.78, 5) is 17.0. The lowest BCUT2D eigenvalue weighted by Crippen LogP contribution is -1.89. The van der Waals surface area contributed by atoms with Gasteiger partial charge in [-0.2, -0.15) is 0 Å². The van der Waals surface area contributed by atoms with Crippen LogP contribution in [0.3, 0.4) is 0 Å². The van der Waals surface area contributed by atoms with Gasteiger partial charge in [-0.15, -0.1) is 0 Å². The van der Waals surface area contributed by atoms with Gasteiger partial charge in [0, 0.05) is 12.4 Å². The molecular formula is C6H11NO5P2S. The largest absolute Gasteiger partial charge is 0.334 e. The van der Waals surface area contributed by atoms with Crippen LogP contribution in [0.5, 0.6) is 0 Å². The number of aromatic nitrogens is 1. The molecule has 0 aliphatic rings. The zero-order valence-corrected chi connectivity index (χ0v) is 10.4. The topological polar surface area (TPSA) is 88.8 Å². The summed E-state index contributed by atoms with van der Waals surface area (Å²) in [5, 5.41) is 0. The summed E-state index contributed by atoms with van der Waals surface area (Å²) in [5.74, 6) is -0.587. The van der Waals surface area contributed by atoms with E-state index >= 15 is 0 Å². The van der Waals surface area contributed by atoms with Gasteiger partial charge in [-0.3, -0.25) is 13.1 Å². The first-order valence-electron chi connectivity index (χ1n) is 3.94. The maximum absolute atomic E-state index is 11.0. The van der Waals surface area contributed by atoms with Crippen molar-refractivity contribution in [1.82, 2.24) is 3.97 Å². The third-order valence-electron chi connectivity index (χ3n) is 1.33. The Balaban J connectivity index is 2.21. The Hall–Kier alpha value is -0.0300. The molecule has 0 amide bonds. The van der Waals surface area contributed by atoms with Gasteiger partial charge in [0.05, 0.1) is 0 Å². The monoisotopic (exact) mass is 271 g/mol. The maximum Gasteiger partial charge on any atom is 0.334 e. The fourth-order valence-corrected chi connectivity index (χ4v) is 3.65. The molecule has 1 atom stereocenters. The lowest BCUT2D eigenvalue weighted by Gasteiger charge is -2.05. The van der Waals surface area contributed by atoms with Crippen molar-refractivity contribution in [2.75, 3.05) is 11.8 Å². The second-order valence-corrected chi connectivity index (χ2v) is 7.17. The summed E-state index contributed by atoms with van der Waals surface area (Å²) in [6.07, 6.45) is 3.57. The van der Waals surface area contributed by atoms with Gasteiger partial charge in [0.25, 0.3) is 0 Å². The normalized spacial score (nSPS) is 14.0. The molecule has 0 saturated carbocycles. The second-order valence-electron chi connectivity index (χ2n) is 2.63. The molecule has 0 fully saturated rings. The maximum atomic E-state index is 11.0. The molecule has 0 bridgehead atoms. The van der Waals surface area contributed by atoms with Crippen molar-refractivity contribution >= 4 is 27.6 Å². The molecule has 0 spiro atoms. The summed E-state index contributed by atoms with van der Waals surface area (Å²) in [6, 6.07) is 3.65. The van der Waals surface area contributed by atoms with Gasteiger partial charge in [-0.1, -0.05) is 0 Å². The highest BCUT2D eigenvalue weighted by Gasteiger charge is 2.17. The average molecular weight is 271 g/mol. The Morgan fingerprint density at radius 1 is 1.40 bits per heavy atom. The van der Waals surface area contributed by atoms with E-state index in [1.54, 1.807) is 16.4 Å². The average Bonchev–Trinajstić information content (AvgIpc) is 2.53. The van der Waals surface area contributed by atoms with Gasteiger partial charge < -0.3 is 14.3 Å². The van der Waals surface area contributed by atoms with Crippen molar-refractivity contribution in [2.45, 2.75) is 0 Å². The number of hydrogen-bond acceptors (Lipinski definition) is 4. The Morgan fingerprint density at radius 2 is 2.00 bits per heavy atom. The molecule has 1 heterocycles. The highest BCUT2D eigenvalue weighted by atomic mass is 32.2. The molecule has 9 heteroatoms. The summed E-state index contributed by atoms with van der Waals surface area (Å²) in [7, 11) is -6.88. The van der Waals surface area contributed by atoms with Crippen LogP contribution < -0.4 is 0 Å². The molecule has 0 radical (unpaired) electrons. The molecule has 1 rings (SSSR count). The van der Waals surface area contributed by atoms with Crippen LogP contribution in [0.25, 0.3) is 0 Å². The minimum Gasteiger partial charge on any atom is -0.324 e. The lowest BCUT2D eigenvalue weighted by atomic mass is 10.7. The standard InChI is InChI=1S/C6H11NO5P2S/c8-13(6-14(9,10)11)12-5-15-7-3-1-2-4-7/h1-4,13H,5-6H2,(H2,9,10,11). The van der Waals surface area contributed by atoms with Gasteiger partial charge in [-0.25, -0.2) is 0 Å². The number of rotatable bonds is 6. The first kappa shape index (κ1) is 13.0. The quantitative estimate of drug-likeness (QED) is 0.603. The smallest absolute Gasteiger partial charge is 0.324 e. The molecule has 1 aromatic rings. The van der Waals surface area contributed by atoms with E-state index in [0.29, 0.717) is 0 Å². The minimum atomic E-state index is -4.23. The Morgan fingerprint density at radius 3 is 2.53 bits per heavy atom. The molecule has 1 aromatic heterocycles. The van der Waals surface area contributed by atoms with E-state index in [9.17, 15) is 9.13 Å². The fraction of sp³-hybridized carbons (Fsp3) is 0.333. The number of nitrogens with zero attached hydrogens (tertiary/aromatic N) is 1. The van der Waals surface area contributed by atoms with Crippen LogP contribution in [-0.2, 0) is 13.7 Å². The predicted molar refractivity (Wildman–Crippen MR) is 59.3 cm³/mol. The zero-order chi connectivity index (χ0) is 11.3. The SMILES string of the molecule is O=[PH](CP(=O)(O)O)OCSn1cccc1. The predicted octanol–water partition coefficient (Wildman–Crippen LogP) is 1.57. The highest BCUT2D eigenvalue weighted by Crippen LogP contribution is 2.45. The molecule has 2 N–H and O–H groups in total. The van der Waals surface area contributed by atoms with E-state index < -0.39 is 21.5 Å². The lowest BCUT2D eigenvalue weighted by molar-refractivity contribution is 0.369. The van der Waals surface area contributed by atoms with E-state index in [0.717, 1.165) is 0 Å².